The highest BCUT2D eigenvalue weighted by molar-refractivity contribution is 9.10. The highest BCUT2D eigenvalue weighted by Gasteiger charge is 2.01. The maximum Gasteiger partial charge on any atom is 0.143 e. The van der Waals surface area contributed by atoms with Crippen LogP contribution in [-0.4, -0.2) is 15.4 Å². The highest BCUT2D eigenvalue weighted by atomic mass is 79.9. The molecular weight excluding hydrogens is 322 g/mol. The molecule has 0 aliphatic rings. The van der Waals surface area contributed by atoms with E-state index in [1.165, 1.54) is 11.1 Å². The van der Waals surface area contributed by atoms with Crippen molar-refractivity contribution in [2.45, 2.75) is 9.92 Å². The first-order valence-corrected chi connectivity index (χ1v) is 7.32. The van der Waals surface area contributed by atoms with Crippen LogP contribution in [0.1, 0.15) is 0 Å². The van der Waals surface area contributed by atoms with E-state index in [0.717, 1.165) is 14.4 Å². The molecule has 0 saturated heterocycles. The molecule has 0 unspecified atom stereocenters. The van der Waals surface area contributed by atoms with E-state index in [1.807, 2.05) is 12.1 Å². The third kappa shape index (κ3) is 3.05. The molecule has 0 amide bonds. The minimum absolute atomic E-state index is 0.872. The van der Waals surface area contributed by atoms with Gasteiger partial charge in [-0.3, -0.25) is 0 Å². The summed E-state index contributed by atoms with van der Waals surface area (Å²) in [6.07, 6.45) is 1.72. The van der Waals surface area contributed by atoms with Gasteiger partial charge in [0.05, 0.1) is 6.20 Å². The van der Waals surface area contributed by atoms with Gasteiger partial charge in [-0.2, -0.15) is 10.3 Å². The van der Waals surface area contributed by atoms with Crippen LogP contribution in [0.3, 0.4) is 0 Å². The van der Waals surface area contributed by atoms with Crippen LogP contribution in [0.25, 0.3) is 11.1 Å². The van der Waals surface area contributed by atoms with Gasteiger partial charge >= 0.3 is 0 Å². The molecule has 0 atom stereocenters. The molecule has 3 rings (SSSR count). The fourth-order valence-electron chi connectivity index (χ4n) is 1.72. The minimum Gasteiger partial charge on any atom is -0.197 e. The lowest BCUT2D eigenvalue weighted by Gasteiger charge is -2.03. The summed E-state index contributed by atoms with van der Waals surface area (Å²) in [5.41, 5.74) is 2.41. The molecule has 0 spiro atoms. The van der Waals surface area contributed by atoms with Crippen molar-refractivity contribution in [3.05, 3.63) is 59.2 Å². The smallest absolute Gasteiger partial charge is 0.143 e. The van der Waals surface area contributed by atoms with Crippen molar-refractivity contribution in [2.24, 2.45) is 0 Å². The zero-order valence-electron chi connectivity index (χ0n) is 9.88. The third-order valence-corrected chi connectivity index (χ3v) is 4.09. The number of nitrogens with one attached hydrogen (secondary N) is 1. The summed E-state index contributed by atoms with van der Waals surface area (Å²) in [7, 11) is 0. The van der Waals surface area contributed by atoms with Gasteiger partial charge < -0.3 is 0 Å². The molecule has 2 aromatic carbocycles. The molecule has 0 bridgehead atoms. The van der Waals surface area contributed by atoms with Gasteiger partial charge in [-0.05, 0) is 35.4 Å². The first-order chi connectivity index (χ1) is 9.31. The number of aromatic amines is 1. The molecule has 0 aliphatic heterocycles. The number of halogens is 1. The summed E-state index contributed by atoms with van der Waals surface area (Å²) in [6.45, 7) is 0. The van der Waals surface area contributed by atoms with Gasteiger partial charge in [0.2, 0.25) is 0 Å². The average molecular weight is 332 g/mol. The number of rotatable bonds is 3. The Morgan fingerprint density at radius 3 is 2.11 bits per heavy atom. The lowest BCUT2D eigenvalue weighted by molar-refractivity contribution is 0.911. The maximum absolute atomic E-state index is 4.02. The largest absolute Gasteiger partial charge is 0.197 e. The standard InChI is InChI=1S/C14H10BrN3S/c15-12-5-1-10(2-6-12)11-3-7-13(8-4-11)19-14-9-16-18-17-14/h1-9H,(H,16,17,18). The van der Waals surface area contributed by atoms with Crippen molar-refractivity contribution in [1.82, 2.24) is 15.4 Å². The van der Waals surface area contributed by atoms with E-state index in [9.17, 15) is 0 Å². The summed E-state index contributed by atoms with van der Waals surface area (Å²) in [5.74, 6) is 0. The molecular formula is C14H10BrN3S. The van der Waals surface area contributed by atoms with Crippen LogP contribution in [0.4, 0.5) is 0 Å². The van der Waals surface area contributed by atoms with E-state index in [2.05, 4.69) is 67.7 Å². The summed E-state index contributed by atoms with van der Waals surface area (Å²) < 4.78 is 1.09. The molecule has 94 valence electrons. The van der Waals surface area contributed by atoms with Crippen molar-refractivity contribution in [3.8, 4) is 11.1 Å². The van der Waals surface area contributed by atoms with Crippen molar-refractivity contribution >= 4 is 27.7 Å². The molecule has 0 radical (unpaired) electrons. The minimum atomic E-state index is 0.872. The topological polar surface area (TPSA) is 41.6 Å². The number of hydrogen-bond donors (Lipinski definition) is 1. The van der Waals surface area contributed by atoms with Crippen LogP contribution >= 0.6 is 27.7 Å². The Morgan fingerprint density at radius 1 is 0.895 bits per heavy atom. The van der Waals surface area contributed by atoms with E-state index in [1.54, 1.807) is 18.0 Å². The Kier molecular flexibility index (Phi) is 3.66. The van der Waals surface area contributed by atoms with E-state index in [4.69, 9.17) is 0 Å². The first kappa shape index (κ1) is 12.4. The molecule has 0 saturated carbocycles. The fraction of sp³-hybridized carbons (Fsp3) is 0. The Hall–Kier alpha value is -1.59. The van der Waals surface area contributed by atoms with Gasteiger partial charge in [0.25, 0.3) is 0 Å². The Balaban J connectivity index is 1.80. The van der Waals surface area contributed by atoms with Crippen molar-refractivity contribution in [2.75, 3.05) is 0 Å². The third-order valence-electron chi connectivity index (χ3n) is 2.65. The van der Waals surface area contributed by atoms with Crippen LogP contribution in [0.2, 0.25) is 0 Å². The SMILES string of the molecule is Brc1ccc(-c2ccc(Sc3cn[nH]n3)cc2)cc1. The van der Waals surface area contributed by atoms with Gasteiger partial charge in [-0.1, -0.05) is 52.0 Å². The van der Waals surface area contributed by atoms with Gasteiger partial charge in [0.1, 0.15) is 5.03 Å². The predicted octanol–water partition coefficient (Wildman–Crippen LogP) is 4.39. The lowest BCUT2D eigenvalue weighted by atomic mass is 10.1. The van der Waals surface area contributed by atoms with Crippen LogP contribution in [0.15, 0.2) is 69.1 Å². The van der Waals surface area contributed by atoms with Crippen molar-refractivity contribution in [1.29, 1.82) is 0 Å². The Labute approximate surface area is 123 Å². The summed E-state index contributed by atoms with van der Waals surface area (Å²) in [6, 6.07) is 16.7. The molecule has 1 N–H and O–H groups in total. The molecule has 1 aromatic heterocycles. The average Bonchev–Trinajstić information content (AvgIpc) is 2.94. The zero-order chi connectivity index (χ0) is 13.1. The van der Waals surface area contributed by atoms with E-state index in [-0.39, 0.29) is 0 Å². The van der Waals surface area contributed by atoms with Crippen molar-refractivity contribution < 1.29 is 0 Å². The number of hydrogen-bond acceptors (Lipinski definition) is 3. The quantitative estimate of drug-likeness (QED) is 0.774. The van der Waals surface area contributed by atoms with Crippen LogP contribution in [-0.2, 0) is 0 Å². The number of aromatic nitrogens is 3. The molecule has 3 aromatic rings. The number of benzene rings is 2. The normalized spacial score (nSPS) is 10.6. The van der Waals surface area contributed by atoms with Crippen LogP contribution in [0.5, 0.6) is 0 Å². The Morgan fingerprint density at radius 2 is 1.53 bits per heavy atom. The second-order valence-electron chi connectivity index (χ2n) is 3.94. The van der Waals surface area contributed by atoms with E-state index >= 15 is 0 Å². The maximum atomic E-state index is 4.02. The van der Waals surface area contributed by atoms with E-state index < -0.39 is 0 Å². The predicted molar refractivity (Wildman–Crippen MR) is 80.1 cm³/mol. The zero-order valence-corrected chi connectivity index (χ0v) is 12.3. The van der Waals surface area contributed by atoms with Gasteiger partial charge in [-0.15, -0.1) is 5.10 Å². The highest BCUT2D eigenvalue weighted by Crippen LogP contribution is 2.28. The monoisotopic (exact) mass is 331 g/mol. The molecule has 19 heavy (non-hydrogen) atoms. The Bertz CT molecular complexity index is 648. The molecule has 1 heterocycles. The van der Waals surface area contributed by atoms with Crippen LogP contribution < -0.4 is 0 Å². The van der Waals surface area contributed by atoms with Gasteiger partial charge in [0, 0.05) is 9.37 Å². The fourth-order valence-corrected chi connectivity index (χ4v) is 2.69. The second kappa shape index (κ2) is 5.59. The van der Waals surface area contributed by atoms with Crippen molar-refractivity contribution in [3.63, 3.8) is 0 Å². The lowest BCUT2D eigenvalue weighted by Crippen LogP contribution is -1.78. The molecule has 5 heteroatoms. The van der Waals surface area contributed by atoms with Gasteiger partial charge in [0.15, 0.2) is 0 Å². The summed E-state index contributed by atoms with van der Waals surface area (Å²) >= 11 is 5.03. The molecule has 0 fully saturated rings. The number of nitrogens with zero attached hydrogens (tertiary/aromatic N) is 2. The summed E-state index contributed by atoms with van der Waals surface area (Å²) in [5, 5.41) is 11.3. The number of H-pyrrole nitrogens is 1. The second-order valence-corrected chi connectivity index (χ2v) is 5.95. The van der Waals surface area contributed by atoms with Gasteiger partial charge in [-0.25, -0.2) is 0 Å². The van der Waals surface area contributed by atoms with Crippen LogP contribution in [0, 0.1) is 0 Å². The summed E-state index contributed by atoms with van der Waals surface area (Å²) in [4.78, 5) is 1.15. The molecule has 0 aliphatic carbocycles. The molecule has 3 nitrogen and oxygen atoms in total. The van der Waals surface area contributed by atoms with E-state index in [0.29, 0.717) is 0 Å². The first-order valence-electron chi connectivity index (χ1n) is 5.71.